The van der Waals surface area contributed by atoms with E-state index in [0.29, 0.717) is 12.1 Å². The Kier molecular flexibility index (Phi) is 5.14. The van der Waals surface area contributed by atoms with Crippen molar-refractivity contribution in [2.24, 2.45) is 5.92 Å². The van der Waals surface area contributed by atoms with E-state index in [1.165, 1.54) is 18.4 Å². The number of hydrogen-bond acceptors (Lipinski definition) is 3. The van der Waals surface area contributed by atoms with Gasteiger partial charge in [-0.3, -0.25) is 9.78 Å². The molecule has 0 aliphatic carbocycles. The Hall–Kier alpha value is -2.36. The van der Waals surface area contributed by atoms with Crippen LogP contribution in [-0.4, -0.2) is 24.0 Å². The molecule has 0 spiro atoms. The Labute approximate surface area is 143 Å². The predicted octanol–water partition coefficient (Wildman–Crippen LogP) is 3.56. The molecular formula is C20H25N3O. The predicted molar refractivity (Wildman–Crippen MR) is 97.2 cm³/mol. The average molecular weight is 323 g/mol. The van der Waals surface area contributed by atoms with E-state index in [9.17, 15) is 4.79 Å². The molecule has 1 fully saturated rings. The van der Waals surface area contributed by atoms with E-state index in [2.05, 4.69) is 41.2 Å². The highest BCUT2D eigenvalue weighted by atomic mass is 16.1. The van der Waals surface area contributed by atoms with Crippen LogP contribution in [0.15, 0.2) is 42.7 Å². The summed E-state index contributed by atoms with van der Waals surface area (Å²) in [5.41, 5.74) is 3.98. The Morgan fingerprint density at radius 1 is 1.25 bits per heavy atom. The molecule has 126 valence electrons. The molecule has 1 amide bonds. The summed E-state index contributed by atoms with van der Waals surface area (Å²) in [4.78, 5) is 19.0. The number of pyridine rings is 1. The second-order valence-electron chi connectivity index (χ2n) is 6.77. The van der Waals surface area contributed by atoms with Crippen molar-refractivity contribution in [3.8, 4) is 0 Å². The van der Waals surface area contributed by atoms with Gasteiger partial charge in [-0.2, -0.15) is 0 Å². The number of anilines is 1. The van der Waals surface area contributed by atoms with Crippen LogP contribution in [0, 0.1) is 12.8 Å². The van der Waals surface area contributed by atoms with E-state index < -0.39 is 0 Å². The Bertz CT molecular complexity index is 706. The van der Waals surface area contributed by atoms with Gasteiger partial charge in [-0.05, 0) is 37.3 Å². The van der Waals surface area contributed by atoms with E-state index in [-0.39, 0.29) is 5.91 Å². The number of amides is 1. The molecule has 1 aliphatic heterocycles. The van der Waals surface area contributed by atoms with E-state index in [1.54, 1.807) is 6.20 Å². The second kappa shape index (κ2) is 7.47. The van der Waals surface area contributed by atoms with Crippen molar-refractivity contribution < 1.29 is 4.79 Å². The van der Waals surface area contributed by atoms with Crippen LogP contribution in [0.25, 0.3) is 0 Å². The number of nitrogens with one attached hydrogen (secondary N) is 1. The summed E-state index contributed by atoms with van der Waals surface area (Å²) in [7, 11) is 0. The van der Waals surface area contributed by atoms with Crippen molar-refractivity contribution in [3.05, 3.63) is 59.4 Å². The maximum Gasteiger partial charge on any atom is 0.253 e. The first-order chi connectivity index (χ1) is 11.6. The lowest BCUT2D eigenvalue weighted by molar-refractivity contribution is 0.0950. The maximum absolute atomic E-state index is 12.4. The van der Waals surface area contributed by atoms with Crippen molar-refractivity contribution in [2.75, 3.05) is 18.0 Å². The van der Waals surface area contributed by atoms with Gasteiger partial charge in [0, 0.05) is 25.8 Å². The van der Waals surface area contributed by atoms with E-state index in [4.69, 9.17) is 0 Å². The van der Waals surface area contributed by atoms with Crippen molar-refractivity contribution in [1.29, 1.82) is 0 Å². The molecule has 0 radical (unpaired) electrons. The average Bonchev–Trinajstić information content (AvgIpc) is 2.60. The molecule has 3 rings (SSSR count). The van der Waals surface area contributed by atoms with Gasteiger partial charge in [0.05, 0.1) is 17.4 Å². The van der Waals surface area contributed by atoms with Crippen LogP contribution in [0.3, 0.4) is 0 Å². The number of carbonyl (C=O) groups excluding carboxylic acids is 1. The highest BCUT2D eigenvalue weighted by Gasteiger charge is 2.17. The molecule has 0 atom stereocenters. The number of benzene rings is 1. The lowest BCUT2D eigenvalue weighted by Crippen LogP contribution is -2.33. The van der Waals surface area contributed by atoms with Gasteiger partial charge in [-0.15, -0.1) is 0 Å². The van der Waals surface area contributed by atoms with Gasteiger partial charge in [0.2, 0.25) is 0 Å². The molecule has 1 saturated heterocycles. The minimum absolute atomic E-state index is 0.0729. The zero-order valence-corrected chi connectivity index (χ0v) is 14.5. The monoisotopic (exact) mass is 323 g/mol. The molecule has 1 aromatic heterocycles. The van der Waals surface area contributed by atoms with Gasteiger partial charge in [0.1, 0.15) is 0 Å². The first-order valence-electron chi connectivity index (χ1n) is 8.65. The molecule has 0 unspecified atom stereocenters. The molecule has 1 aromatic carbocycles. The SMILES string of the molecule is Cc1cccc(CNC(=O)c2cncc(N3CCC(C)CC3)c2)c1. The van der Waals surface area contributed by atoms with Crippen molar-refractivity contribution in [3.63, 3.8) is 0 Å². The van der Waals surface area contributed by atoms with Crippen molar-refractivity contribution in [1.82, 2.24) is 10.3 Å². The number of aryl methyl sites for hydroxylation is 1. The molecule has 0 bridgehead atoms. The van der Waals surface area contributed by atoms with Gasteiger partial charge in [0.25, 0.3) is 5.91 Å². The summed E-state index contributed by atoms with van der Waals surface area (Å²) in [6.45, 7) is 6.96. The van der Waals surface area contributed by atoms with Crippen LogP contribution in [0.4, 0.5) is 5.69 Å². The smallest absolute Gasteiger partial charge is 0.253 e. The highest BCUT2D eigenvalue weighted by Crippen LogP contribution is 2.22. The number of carbonyl (C=O) groups is 1. The molecule has 0 saturated carbocycles. The molecular weight excluding hydrogens is 298 g/mol. The molecule has 24 heavy (non-hydrogen) atoms. The van der Waals surface area contributed by atoms with Crippen LogP contribution in [0.1, 0.15) is 41.3 Å². The first kappa shape index (κ1) is 16.5. The van der Waals surface area contributed by atoms with Crippen molar-refractivity contribution >= 4 is 11.6 Å². The summed E-state index contributed by atoms with van der Waals surface area (Å²) >= 11 is 0. The van der Waals surface area contributed by atoms with E-state index in [0.717, 1.165) is 30.3 Å². The van der Waals surface area contributed by atoms with Crippen LogP contribution in [-0.2, 0) is 6.54 Å². The van der Waals surface area contributed by atoms with Gasteiger partial charge in [-0.1, -0.05) is 36.8 Å². The molecule has 1 N–H and O–H groups in total. The minimum Gasteiger partial charge on any atom is -0.370 e. The second-order valence-corrected chi connectivity index (χ2v) is 6.77. The van der Waals surface area contributed by atoms with Gasteiger partial charge >= 0.3 is 0 Å². The molecule has 2 aromatic rings. The zero-order valence-electron chi connectivity index (χ0n) is 14.5. The van der Waals surface area contributed by atoms with Crippen LogP contribution < -0.4 is 10.2 Å². The number of aromatic nitrogens is 1. The summed E-state index contributed by atoms with van der Waals surface area (Å²) in [6, 6.07) is 10.1. The normalized spacial score (nSPS) is 15.3. The lowest BCUT2D eigenvalue weighted by Gasteiger charge is -2.32. The Morgan fingerprint density at radius 2 is 2.04 bits per heavy atom. The summed E-state index contributed by atoms with van der Waals surface area (Å²) < 4.78 is 0. The maximum atomic E-state index is 12.4. The van der Waals surface area contributed by atoms with Crippen LogP contribution >= 0.6 is 0 Å². The third kappa shape index (κ3) is 4.13. The summed E-state index contributed by atoms with van der Waals surface area (Å²) in [5, 5.41) is 2.98. The zero-order chi connectivity index (χ0) is 16.9. The lowest BCUT2D eigenvalue weighted by atomic mass is 9.99. The molecule has 1 aliphatic rings. The van der Waals surface area contributed by atoms with Gasteiger partial charge in [0.15, 0.2) is 0 Å². The standard InChI is InChI=1S/C20H25N3O/c1-15-6-8-23(9-7-15)19-11-18(13-21-14-19)20(24)22-12-17-5-3-4-16(2)10-17/h3-5,10-11,13-15H,6-9,12H2,1-2H3,(H,22,24). The fourth-order valence-electron chi connectivity index (χ4n) is 3.10. The number of rotatable bonds is 4. The topological polar surface area (TPSA) is 45.2 Å². The minimum atomic E-state index is -0.0729. The summed E-state index contributed by atoms with van der Waals surface area (Å²) in [6.07, 6.45) is 5.89. The number of hydrogen-bond donors (Lipinski definition) is 1. The molecule has 4 heteroatoms. The quantitative estimate of drug-likeness (QED) is 0.936. The third-order valence-electron chi connectivity index (χ3n) is 4.67. The molecule has 2 heterocycles. The number of piperidine rings is 1. The number of nitrogens with zero attached hydrogens (tertiary/aromatic N) is 2. The summed E-state index contributed by atoms with van der Waals surface area (Å²) in [5.74, 6) is 0.714. The Morgan fingerprint density at radius 3 is 2.79 bits per heavy atom. The van der Waals surface area contributed by atoms with Crippen LogP contribution in [0.5, 0.6) is 0 Å². The third-order valence-corrected chi connectivity index (χ3v) is 4.67. The highest BCUT2D eigenvalue weighted by molar-refractivity contribution is 5.94. The fraction of sp³-hybridized carbons (Fsp3) is 0.400. The van der Waals surface area contributed by atoms with Gasteiger partial charge < -0.3 is 10.2 Å². The Balaban J connectivity index is 1.63. The largest absolute Gasteiger partial charge is 0.370 e. The van der Waals surface area contributed by atoms with Crippen molar-refractivity contribution in [2.45, 2.75) is 33.2 Å². The fourth-order valence-corrected chi connectivity index (χ4v) is 3.10. The van der Waals surface area contributed by atoms with Crippen LogP contribution in [0.2, 0.25) is 0 Å². The van der Waals surface area contributed by atoms with Gasteiger partial charge in [-0.25, -0.2) is 0 Å². The molecule has 4 nitrogen and oxygen atoms in total. The first-order valence-corrected chi connectivity index (χ1v) is 8.65. The van der Waals surface area contributed by atoms with E-state index >= 15 is 0 Å². The van der Waals surface area contributed by atoms with E-state index in [1.807, 2.05) is 24.4 Å².